The standard InChI is InChI=1S/C18H15I2NO3S/c19-16-6-1-14(2-7-16)5-10-18(22)13-25(23,24)21-12-11-15-3-8-17(20)9-4-15/h1-12,21H,13H2/b10-5?,12-11+. The lowest BCUT2D eigenvalue weighted by atomic mass is 10.2. The molecule has 25 heavy (non-hydrogen) atoms. The minimum absolute atomic E-state index is 0.478. The zero-order valence-electron chi connectivity index (χ0n) is 13.0. The molecule has 0 bridgehead atoms. The predicted molar refractivity (Wildman–Crippen MR) is 118 cm³/mol. The van der Waals surface area contributed by atoms with Crippen molar-refractivity contribution in [1.82, 2.24) is 4.72 Å². The molecule has 2 rings (SSSR count). The molecule has 130 valence electrons. The minimum Gasteiger partial charge on any atom is -0.294 e. The fourth-order valence-electron chi connectivity index (χ4n) is 1.85. The molecule has 0 atom stereocenters. The van der Waals surface area contributed by atoms with E-state index in [1.165, 1.54) is 12.3 Å². The first-order valence-corrected chi connectivity index (χ1v) is 11.0. The molecule has 4 nitrogen and oxygen atoms in total. The van der Waals surface area contributed by atoms with Crippen LogP contribution >= 0.6 is 45.2 Å². The molecule has 0 saturated heterocycles. The first-order valence-electron chi connectivity index (χ1n) is 7.23. The van der Waals surface area contributed by atoms with Crippen LogP contribution in [0.1, 0.15) is 11.1 Å². The van der Waals surface area contributed by atoms with Gasteiger partial charge in [0, 0.05) is 13.3 Å². The summed E-state index contributed by atoms with van der Waals surface area (Å²) in [5, 5.41) is 0. The van der Waals surface area contributed by atoms with Crippen LogP contribution in [0, 0.1) is 7.14 Å². The van der Waals surface area contributed by atoms with Gasteiger partial charge in [-0.25, -0.2) is 8.42 Å². The maximum absolute atomic E-state index is 11.9. The first-order chi connectivity index (χ1) is 11.8. The van der Waals surface area contributed by atoms with Gasteiger partial charge in [-0.15, -0.1) is 0 Å². The lowest BCUT2D eigenvalue weighted by Crippen LogP contribution is -2.25. The van der Waals surface area contributed by atoms with E-state index >= 15 is 0 Å². The van der Waals surface area contributed by atoms with Crippen molar-refractivity contribution in [2.75, 3.05) is 5.75 Å². The zero-order valence-corrected chi connectivity index (χ0v) is 18.2. The largest absolute Gasteiger partial charge is 0.294 e. The lowest BCUT2D eigenvalue weighted by molar-refractivity contribution is -0.112. The average Bonchev–Trinajstić information content (AvgIpc) is 2.55. The molecule has 7 heteroatoms. The summed E-state index contributed by atoms with van der Waals surface area (Å²) in [6.07, 6.45) is 5.85. The molecule has 2 aromatic carbocycles. The second kappa shape index (κ2) is 9.48. The second-order valence-corrected chi connectivity index (χ2v) is 9.36. The van der Waals surface area contributed by atoms with E-state index in [1.807, 2.05) is 48.5 Å². The smallest absolute Gasteiger partial charge is 0.239 e. The number of halogens is 2. The van der Waals surface area contributed by atoms with Gasteiger partial charge in [0.2, 0.25) is 10.0 Å². The quantitative estimate of drug-likeness (QED) is 0.398. The topological polar surface area (TPSA) is 63.2 Å². The van der Waals surface area contributed by atoms with Gasteiger partial charge >= 0.3 is 0 Å². The zero-order chi connectivity index (χ0) is 18.3. The highest BCUT2D eigenvalue weighted by molar-refractivity contribution is 14.1. The van der Waals surface area contributed by atoms with E-state index in [2.05, 4.69) is 49.9 Å². The summed E-state index contributed by atoms with van der Waals surface area (Å²) in [6, 6.07) is 15.2. The summed E-state index contributed by atoms with van der Waals surface area (Å²) < 4.78 is 28.3. The maximum Gasteiger partial charge on any atom is 0.239 e. The van der Waals surface area contributed by atoms with Gasteiger partial charge in [-0.05, 0) is 92.7 Å². The van der Waals surface area contributed by atoms with Crippen molar-refractivity contribution < 1.29 is 13.2 Å². The molecular weight excluding hydrogens is 564 g/mol. The summed E-state index contributed by atoms with van der Waals surface area (Å²) in [4.78, 5) is 11.8. The van der Waals surface area contributed by atoms with Gasteiger partial charge < -0.3 is 0 Å². The highest BCUT2D eigenvalue weighted by atomic mass is 127. The minimum atomic E-state index is -3.71. The predicted octanol–water partition coefficient (Wildman–Crippen LogP) is 4.07. The van der Waals surface area contributed by atoms with Gasteiger partial charge in [0.05, 0.1) is 0 Å². The van der Waals surface area contributed by atoms with Crippen LogP contribution < -0.4 is 4.72 Å². The molecule has 1 N–H and O–H groups in total. The van der Waals surface area contributed by atoms with Gasteiger partial charge in [-0.2, -0.15) is 0 Å². The molecule has 0 saturated carbocycles. The van der Waals surface area contributed by atoms with Crippen LogP contribution in [0.2, 0.25) is 0 Å². The Morgan fingerprint density at radius 1 is 0.880 bits per heavy atom. The van der Waals surface area contributed by atoms with E-state index in [1.54, 1.807) is 12.2 Å². The van der Waals surface area contributed by atoms with E-state index in [0.29, 0.717) is 0 Å². The number of sulfonamides is 1. The van der Waals surface area contributed by atoms with Crippen LogP contribution in [0.3, 0.4) is 0 Å². The number of rotatable bonds is 7. The third-order valence-electron chi connectivity index (χ3n) is 3.06. The first kappa shape index (κ1) is 20.1. The van der Waals surface area contributed by atoms with Gasteiger partial charge in [-0.3, -0.25) is 9.52 Å². The summed E-state index contributed by atoms with van der Waals surface area (Å²) >= 11 is 4.38. The number of carbonyl (C=O) groups is 1. The Balaban J connectivity index is 1.90. The van der Waals surface area contributed by atoms with Crippen molar-refractivity contribution in [2.45, 2.75) is 0 Å². The average molecular weight is 579 g/mol. The molecule has 0 aromatic heterocycles. The van der Waals surface area contributed by atoms with Crippen LogP contribution in [0.15, 0.2) is 60.8 Å². The Bertz CT molecular complexity index is 887. The van der Waals surface area contributed by atoms with Crippen molar-refractivity contribution >= 4 is 73.1 Å². The molecule has 0 unspecified atom stereocenters. The van der Waals surface area contributed by atoms with Crippen molar-refractivity contribution in [3.63, 3.8) is 0 Å². The van der Waals surface area contributed by atoms with Crippen LogP contribution in [0.4, 0.5) is 0 Å². The van der Waals surface area contributed by atoms with E-state index < -0.39 is 21.6 Å². The Hall–Kier alpha value is -1.20. The highest BCUT2D eigenvalue weighted by Gasteiger charge is 2.12. The molecule has 0 amide bonds. The molecule has 2 aromatic rings. The summed E-state index contributed by atoms with van der Waals surface area (Å²) in [6.45, 7) is 0. The lowest BCUT2D eigenvalue weighted by Gasteiger charge is -2.01. The van der Waals surface area contributed by atoms with Gasteiger partial charge in [0.25, 0.3) is 0 Å². The number of carbonyl (C=O) groups excluding carboxylic acids is 1. The molecule has 0 fully saturated rings. The Morgan fingerprint density at radius 3 is 1.88 bits per heavy atom. The van der Waals surface area contributed by atoms with Crippen molar-refractivity contribution in [3.8, 4) is 0 Å². The van der Waals surface area contributed by atoms with Crippen molar-refractivity contribution in [3.05, 3.63) is 79.1 Å². The van der Waals surface area contributed by atoms with E-state index in [9.17, 15) is 13.2 Å². The molecular formula is C18H15I2NO3S. The van der Waals surface area contributed by atoms with E-state index in [-0.39, 0.29) is 0 Å². The number of hydrogen-bond donors (Lipinski definition) is 1. The Morgan fingerprint density at radius 2 is 1.36 bits per heavy atom. The number of hydrogen-bond acceptors (Lipinski definition) is 3. The fourth-order valence-corrected chi connectivity index (χ4v) is 3.40. The molecule has 0 heterocycles. The van der Waals surface area contributed by atoms with Crippen LogP contribution in [-0.2, 0) is 14.8 Å². The van der Waals surface area contributed by atoms with Gasteiger partial charge in [0.15, 0.2) is 5.78 Å². The van der Waals surface area contributed by atoms with Crippen molar-refractivity contribution in [1.29, 1.82) is 0 Å². The van der Waals surface area contributed by atoms with Crippen LogP contribution in [0.25, 0.3) is 12.2 Å². The highest BCUT2D eigenvalue weighted by Crippen LogP contribution is 2.09. The fraction of sp³-hybridized carbons (Fsp3) is 0.0556. The SMILES string of the molecule is O=C(C=Cc1ccc(I)cc1)CS(=O)(=O)N/C=C/c1ccc(I)cc1. The second-order valence-electron chi connectivity index (χ2n) is 5.11. The Labute approximate surface area is 174 Å². The molecule has 0 radical (unpaired) electrons. The monoisotopic (exact) mass is 579 g/mol. The number of allylic oxidation sites excluding steroid dienone is 1. The third-order valence-corrected chi connectivity index (χ3v) is 5.66. The number of benzene rings is 2. The number of nitrogens with one attached hydrogen (secondary N) is 1. The summed E-state index contributed by atoms with van der Waals surface area (Å²) in [5.74, 6) is -1.07. The van der Waals surface area contributed by atoms with Crippen LogP contribution in [-0.4, -0.2) is 20.0 Å². The van der Waals surface area contributed by atoms with Crippen LogP contribution in [0.5, 0.6) is 0 Å². The van der Waals surface area contributed by atoms with E-state index in [0.717, 1.165) is 18.3 Å². The summed E-state index contributed by atoms with van der Waals surface area (Å²) in [5.41, 5.74) is 1.71. The van der Waals surface area contributed by atoms with Crippen molar-refractivity contribution in [2.24, 2.45) is 0 Å². The molecule has 0 aliphatic carbocycles. The van der Waals surface area contributed by atoms with E-state index in [4.69, 9.17) is 0 Å². The van der Waals surface area contributed by atoms with Gasteiger partial charge in [-0.1, -0.05) is 30.3 Å². The third kappa shape index (κ3) is 7.70. The Kier molecular flexibility index (Phi) is 7.63. The molecule has 0 spiro atoms. The van der Waals surface area contributed by atoms with Gasteiger partial charge in [0.1, 0.15) is 5.75 Å². The number of ketones is 1. The normalized spacial score (nSPS) is 11.9. The maximum atomic E-state index is 11.9. The summed E-state index contributed by atoms with van der Waals surface area (Å²) in [7, 11) is -3.71. The molecule has 0 aliphatic rings. The molecule has 0 aliphatic heterocycles.